The van der Waals surface area contributed by atoms with Gasteiger partial charge in [0.1, 0.15) is 0 Å². The maximum absolute atomic E-state index is 5.93. The van der Waals surface area contributed by atoms with Crippen molar-refractivity contribution in [2.75, 3.05) is 6.54 Å². The van der Waals surface area contributed by atoms with Gasteiger partial charge in [0.25, 0.3) is 0 Å². The summed E-state index contributed by atoms with van der Waals surface area (Å²) < 4.78 is 0. The van der Waals surface area contributed by atoms with E-state index in [4.69, 9.17) is 17.3 Å². The Bertz CT molecular complexity index is 331. The summed E-state index contributed by atoms with van der Waals surface area (Å²) in [6.07, 6.45) is 7.71. The third-order valence-corrected chi connectivity index (χ3v) is 4.13. The molecule has 3 heteroatoms. The number of nitrogens with two attached hydrogens (primary N) is 1. The first-order valence-corrected chi connectivity index (χ1v) is 6.61. The molecule has 0 heterocycles. The van der Waals surface area contributed by atoms with Crippen LogP contribution >= 0.6 is 24.0 Å². The minimum absolute atomic E-state index is 0. The molecule has 0 aliphatic heterocycles. The van der Waals surface area contributed by atoms with Crippen molar-refractivity contribution in [1.82, 2.24) is 0 Å². The molecule has 1 fully saturated rings. The summed E-state index contributed by atoms with van der Waals surface area (Å²) >= 11 is 5.93. The highest BCUT2D eigenvalue weighted by Gasteiger charge is 2.37. The quantitative estimate of drug-likeness (QED) is 0.795. The van der Waals surface area contributed by atoms with E-state index in [1.807, 2.05) is 12.1 Å². The third-order valence-electron chi connectivity index (χ3n) is 3.88. The zero-order valence-electron chi connectivity index (χ0n) is 10.1. The van der Waals surface area contributed by atoms with Crippen LogP contribution in [0, 0.1) is 0 Å². The molecule has 96 valence electrons. The second-order valence-corrected chi connectivity index (χ2v) is 5.32. The van der Waals surface area contributed by atoms with Gasteiger partial charge in [-0.1, -0.05) is 36.6 Å². The van der Waals surface area contributed by atoms with E-state index in [0.717, 1.165) is 18.0 Å². The van der Waals surface area contributed by atoms with E-state index in [-0.39, 0.29) is 12.4 Å². The van der Waals surface area contributed by atoms with Crippen LogP contribution < -0.4 is 5.73 Å². The molecule has 1 aromatic rings. The Labute approximate surface area is 115 Å². The fourth-order valence-electron chi connectivity index (χ4n) is 2.70. The van der Waals surface area contributed by atoms with Crippen molar-refractivity contribution in [2.24, 2.45) is 5.73 Å². The molecule has 1 aliphatic carbocycles. The Morgan fingerprint density at radius 1 is 1.12 bits per heavy atom. The molecular weight excluding hydrogens is 253 g/mol. The van der Waals surface area contributed by atoms with E-state index < -0.39 is 0 Å². The predicted octanol–water partition coefficient (Wildman–Crippen LogP) is 4.31. The third kappa shape index (κ3) is 3.37. The largest absolute Gasteiger partial charge is 0.330 e. The summed E-state index contributed by atoms with van der Waals surface area (Å²) in [7, 11) is 0. The molecule has 17 heavy (non-hydrogen) atoms. The number of benzene rings is 1. The average Bonchev–Trinajstić information content (AvgIpc) is 2.24. The van der Waals surface area contributed by atoms with Gasteiger partial charge < -0.3 is 5.73 Å². The monoisotopic (exact) mass is 273 g/mol. The van der Waals surface area contributed by atoms with Crippen LogP contribution in [-0.2, 0) is 5.41 Å². The van der Waals surface area contributed by atoms with Gasteiger partial charge in [-0.15, -0.1) is 12.4 Å². The maximum Gasteiger partial charge on any atom is 0.0406 e. The van der Waals surface area contributed by atoms with E-state index in [1.54, 1.807) is 0 Å². The average molecular weight is 274 g/mol. The van der Waals surface area contributed by atoms with E-state index in [9.17, 15) is 0 Å². The molecule has 1 saturated carbocycles. The zero-order valence-corrected chi connectivity index (χ0v) is 11.7. The first-order valence-electron chi connectivity index (χ1n) is 6.23. The number of hydrogen-bond acceptors (Lipinski definition) is 1. The Kier molecular flexibility index (Phi) is 5.78. The molecule has 1 nitrogen and oxygen atoms in total. The standard InChI is InChI=1S/C14H20ClN.ClH/c15-13-6-4-12(5-7-13)14(9-3-10-14)8-1-2-11-16;/h4-7H,1-3,8-11,16H2;1H. The van der Waals surface area contributed by atoms with Gasteiger partial charge in [-0.2, -0.15) is 0 Å². The molecule has 0 aromatic heterocycles. The van der Waals surface area contributed by atoms with E-state index in [1.165, 1.54) is 37.7 Å². The highest BCUT2D eigenvalue weighted by Crippen LogP contribution is 2.47. The molecule has 2 rings (SSSR count). The highest BCUT2D eigenvalue weighted by molar-refractivity contribution is 6.30. The van der Waals surface area contributed by atoms with Crippen molar-refractivity contribution in [3.63, 3.8) is 0 Å². The molecule has 2 N–H and O–H groups in total. The summed E-state index contributed by atoms with van der Waals surface area (Å²) in [5.74, 6) is 0. The Morgan fingerprint density at radius 3 is 2.24 bits per heavy atom. The maximum atomic E-state index is 5.93. The fourth-order valence-corrected chi connectivity index (χ4v) is 2.82. The van der Waals surface area contributed by atoms with Gasteiger partial charge in [-0.25, -0.2) is 0 Å². The van der Waals surface area contributed by atoms with Gasteiger partial charge in [0.2, 0.25) is 0 Å². The van der Waals surface area contributed by atoms with Crippen LogP contribution in [-0.4, -0.2) is 6.54 Å². The van der Waals surface area contributed by atoms with Crippen LogP contribution in [0.25, 0.3) is 0 Å². The van der Waals surface area contributed by atoms with Gasteiger partial charge in [0.05, 0.1) is 0 Å². The number of rotatable bonds is 5. The lowest BCUT2D eigenvalue weighted by Gasteiger charge is -2.43. The molecule has 0 atom stereocenters. The zero-order chi connectivity index (χ0) is 11.4. The van der Waals surface area contributed by atoms with Crippen LogP contribution in [0.1, 0.15) is 44.1 Å². The summed E-state index contributed by atoms with van der Waals surface area (Å²) in [5.41, 5.74) is 7.48. The second-order valence-electron chi connectivity index (χ2n) is 4.89. The second kappa shape index (κ2) is 6.63. The Balaban J connectivity index is 0.00000144. The number of hydrogen-bond donors (Lipinski definition) is 1. The SMILES string of the molecule is Cl.NCCCCC1(c2ccc(Cl)cc2)CCC1. The summed E-state index contributed by atoms with van der Waals surface area (Å²) in [4.78, 5) is 0. The molecule has 0 bridgehead atoms. The summed E-state index contributed by atoms with van der Waals surface area (Å²) in [6.45, 7) is 0.816. The molecule has 1 aromatic carbocycles. The first kappa shape index (κ1) is 14.8. The van der Waals surface area contributed by atoms with E-state index in [2.05, 4.69) is 12.1 Å². The summed E-state index contributed by atoms with van der Waals surface area (Å²) in [5, 5.41) is 0.834. The van der Waals surface area contributed by atoms with Crippen molar-refractivity contribution < 1.29 is 0 Å². The minimum Gasteiger partial charge on any atom is -0.330 e. The predicted molar refractivity (Wildman–Crippen MR) is 77.1 cm³/mol. The number of halogens is 2. The van der Waals surface area contributed by atoms with Gasteiger partial charge in [-0.3, -0.25) is 0 Å². The molecular formula is C14H21Cl2N. The summed E-state index contributed by atoms with van der Waals surface area (Å²) in [6, 6.07) is 8.42. The molecule has 1 aliphatic rings. The van der Waals surface area contributed by atoms with Gasteiger partial charge >= 0.3 is 0 Å². The lowest BCUT2D eigenvalue weighted by Crippen LogP contribution is -2.34. The Hall–Kier alpha value is -0.240. The van der Waals surface area contributed by atoms with Gasteiger partial charge in [0, 0.05) is 5.02 Å². The van der Waals surface area contributed by atoms with Crippen molar-refractivity contribution in [3.8, 4) is 0 Å². The van der Waals surface area contributed by atoms with Gasteiger partial charge in [0.15, 0.2) is 0 Å². The minimum atomic E-state index is 0. The van der Waals surface area contributed by atoms with Crippen LogP contribution in [0.15, 0.2) is 24.3 Å². The van der Waals surface area contributed by atoms with Crippen LogP contribution in [0.2, 0.25) is 5.02 Å². The van der Waals surface area contributed by atoms with Crippen LogP contribution in [0.3, 0.4) is 0 Å². The Morgan fingerprint density at radius 2 is 1.76 bits per heavy atom. The topological polar surface area (TPSA) is 26.0 Å². The van der Waals surface area contributed by atoms with E-state index in [0.29, 0.717) is 5.41 Å². The van der Waals surface area contributed by atoms with Crippen molar-refractivity contribution in [1.29, 1.82) is 0 Å². The lowest BCUT2D eigenvalue weighted by atomic mass is 9.62. The normalized spacial score (nSPS) is 17.1. The molecule has 0 spiro atoms. The fraction of sp³-hybridized carbons (Fsp3) is 0.571. The highest BCUT2D eigenvalue weighted by atomic mass is 35.5. The molecule has 0 radical (unpaired) electrons. The molecule has 0 amide bonds. The number of unbranched alkanes of at least 4 members (excludes halogenated alkanes) is 1. The van der Waals surface area contributed by atoms with Crippen molar-refractivity contribution in [3.05, 3.63) is 34.9 Å². The van der Waals surface area contributed by atoms with Crippen LogP contribution in [0.5, 0.6) is 0 Å². The van der Waals surface area contributed by atoms with Crippen LogP contribution in [0.4, 0.5) is 0 Å². The molecule has 0 saturated heterocycles. The smallest absolute Gasteiger partial charge is 0.0406 e. The van der Waals surface area contributed by atoms with Crippen molar-refractivity contribution in [2.45, 2.75) is 43.9 Å². The van der Waals surface area contributed by atoms with Gasteiger partial charge in [-0.05, 0) is 55.3 Å². The lowest BCUT2D eigenvalue weighted by molar-refractivity contribution is 0.219. The van der Waals surface area contributed by atoms with Crippen molar-refractivity contribution >= 4 is 24.0 Å². The molecule has 0 unspecified atom stereocenters. The first-order chi connectivity index (χ1) is 7.77. The van der Waals surface area contributed by atoms with E-state index >= 15 is 0 Å².